The molecule has 0 aromatic carbocycles. The third kappa shape index (κ3) is 3.98. The van der Waals surface area contributed by atoms with Crippen LogP contribution in [0.4, 0.5) is 0 Å². The van der Waals surface area contributed by atoms with E-state index in [2.05, 4.69) is 24.1 Å². The van der Waals surface area contributed by atoms with E-state index in [9.17, 15) is 4.79 Å². The quantitative estimate of drug-likeness (QED) is 0.787. The molecule has 3 nitrogen and oxygen atoms in total. The minimum Gasteiger partial charge on any atom is -0.341 e. The van der Waals surface area contributed by atoms with E-state index in [0.29, 0.717) is 23.8 Å². The Morgan fingerprint density at radius 1 is 1.28 bits per heavy atom. The molecule has 1 atom stereocenters. The van der Waals surface area contributed by atoms with E-state index in [1.165, 1.54) is 32.1 Å². The maximum atomic E-state index is 12.4. The highest BCUT2D eigenvalue weighted by Gasteiger charge is 2.26. The third-order valence-electron chi connectivity index (χ3n) is 4.23. The van der Waals surface area contributed by atoms with E-state index >= 15 is 0 Å². The number of carbonyl (C=O) groups is 1. The highest BCUT2D eigenvalue weighted by atomic mass is 16.2. The summed E-state index contributed by atoms with van der Waals surface area (Å²) in [6.07, 6.45) is 7.14. The summed E-state index contributed by atoms with van der Waals surface area (Å²) in [6.45, 7) is 7.36. The minimum atomic E-state index is 0.391. The fraction of sp³-hybridized carbons (Fsp3) is 0.933. The van der Waals surface area contributed by atoms with Gasteiger partial charge in [0.05, 0.1) is 0 Å². The van der Waals surface area contributed by atoms with Crippen LogP contribution in [0.2, 0.25) is 0 Å². The summed E-state index contributed by atoms with van der Waals surface area (Å²) in [5.74, 6) is 1.64. The number of nitrogens with zero attached hydrogens (tertiary/aromatic N) is 1. The predicted molar refractivity (Wildman–Crippen MR) is 74.4 cm³/mol. The first kappa shape index (κ1) is 13.9. The summed E-state index contributed by atoms with van der Waals surface area (Å²) in [5.41, 5.74) is 0. The van der Waals surface area contributed by atoms with Crippen molar-refractivity contribution >= 4 is 5.91 Å². The summed E-state index contributed by atoms with van der Waals surface area (Å²) >= 11 is 0. The van der Waals surface area contributed by atoms with Crippen molar-refractivity contribution in [2.45, 2.75) is 58.4 Å². The molecule has 1 saturated heterocycles. The number of carbonyl (C=O) groups excluding carboxylic acids is 1. The monoisotopic (exact) mass is 252 g/mol. The lowest BCUT2D eigenvalue weighted by atomic mass is 9.82. The second kappa shape index (κ2) is 6.55. The molecule has 3 heteroatoms. The Kier molecular flexibility index (Phi) is 5.04. The zero-order chi connectivity index (χ0) is 13.0. The molecule has 0 aromatic rings. The van der Waals surface area contributed by atoms with Crippen molar-refractivity contribution in [2.75, 3.05) is 19.6 Å². The van der Waals surface area contributed by atoms with Gasteiger partial charge in [-0.05, 0) is 44.1 Å². The Balaban J connectivity index is 1.83. The van der Waals surface area contributed by atoms with Crippen LogP contribution in [0.5, 0.6) is 0 Å². The molecule has 18 heavy (non-hydrogen) atoms. The van der Waals surface area contributed by atoms with Crippen LogP contribution in [-0.2, 0) is 4.79 Å². The standard InChI is InChI=1S/C15H28N2O/c1-12(2)10-17(11-14-7-4-8-16-14)15(18)9-13-5-3-6-13/h12-14,16H,3-11H2,1-2H3. The highest BCUT2D eigenvalue weighted by molar-refractivity contribution is 5.76. The molecular weight excluding hydrogens is 224 g/mol. The van der Waals surface area contributed by atoms with Gasteiger partial charge in [0.1, 0.15) is 0 Å². The zero-order valence-corrected chi connectivity index (χ0v) is 12.0. The Hall–Kier alpha value is -0.570. The molecule has 1 heterocycles. The van der Waals surface area contributed by atoms with Gasteiger partial charge >= 0.3 is 0 Å². The maximum absolute atomic E-state index is 12.4. The smallest absolute Gasteiger partial charge is 0.222 e. The second-order valence-corrected chi connectivity index (χ2v) is 6.49. The molecule has 0 bridgehead atoms. The molecule has 1 saturated carbocycles. The molecule has 2 fully saturated rings. The van der Waals surface area contributed by atoms with Gasteiger partial charge in [0.15, 0.2) is 0 Å². The van der Waals surface area contributed by atoms with Gasteiger partial charge in [0.25, 0.3) is 0 Å². The first-order valence-corrected chi connectivity index (χ1v) is 7.66. The van der Waals surface area contributed by atoms with Crippen LogP contribution in [0, 0.1) is 11.8 Å². The SMILES string of the molecule is CC(C)CN(CC1CCCN1)C(=O)CC1CCC1. The highest BCUT2D eigenvalue weighted by Crippen LogP contribution is 2.30. The van der Waals surface area contributed by atoms with Gasteiger partial charge in [-0.3, -0.25) is 4.79 Å². The van der Waals surface area contributed by atoms with Crippen LogP contribution in [0.15, 0.2) is 0 Å². The average Bonchev–Trinajstić information content (AvgIpc) is 2.74. The predicted octanol–water partition coefficient (Wildman–Crippen LogP) is 2.41. The van der Waals surface area contributed by atoms with Gasteiger partial charge in [-0.1, -0.05) is 20.3 Å². The van der Waals surface area contributed by atoms with Gasteiger partial charge in [-0.2, -0.15) is 0 Å². The van der Waals surface area contributed by atoms with Crippen molar-refractivity contribution in [2.24, 2.45) is 11.8 Å². The summed E-state index contributed by atoms with van der Waals surface area (Å²) < 4.78 is 0. The topological polar surface area (TPSA) is 32.3 Å². The zero-order valence-electron chi connectivity index (χ0n) is 12.0. The minimum absolute atomic E-state index is 0.391. The molecule has 1 unspecified atom stereocenters. The van der Waals surface area contributed by atoms with E-state index in [-0.39, 0.29) is 0 Å². The molecule has 1 amide bonds. The van der Waals surface area contributed by atoms with Crippen molar-refractivity contribution < 1.29 is 4.79 Å². The first-order chi connectivity index (χ1) is 8.65. The van der Waals surface area contributed by atoms with Gasteiger partial charge < -0.3 is 10.2 Å². The van der Waals surface area contributed by atoms with Crippen LogP contribution in [0.25, 0.3) is 0 Å². The number of hydrogen-bond donors (Lipinski definition) is 1. The lowest BCUT2D eigenvalue weighted by Crippen LogP contribution is -2.43. The normalized spacial score (nSPS) is 24.3. The molecule has 0 aromatic heterocycles. The molecule has 0 radical (unpaired) electrons. The summed E-state index contributed by atoms with van der Waals surface area (Å²) in [5, 5.41) is 3.50. The molecular formula is C15H28N2O. The second-order valence-electron chi connectivity index (χ2n) is 6.49. The van der Waals surface area contributed by atoms with Crippen molar-refractivity contribution in [1.29, 1.82) is 0 Å². The Morgan fingerprint density at radius 2 is 2.06 bits per heavy atom. The molecule has 2 aliphatic rings. The molecule has 2 rings (SSSR count). The van der Waals surface area contributed by atoms with E-state index < -0.39 is 0 Å². The van der Waals surface area contributed by atoms with E-state index in [1.54, 1.807) is 0 Å². The molecule has 1 N–H and O–H groups in total. The van der Waals surface area contributed by atoms with Crippen molar-refractivity contribution in [3.05, 3.63) is 0 Å². The first-order valence-electron chi connectivity index (χ1n) is 7.66. The number of hydrogen-bond acceptors (Lipinski definition) is 2. The molecule has 104 valence electrons. The van der Waals surface area contributed by atoms with Crippen molar-refractivity contribution in [3.63, 3.8) is 0 Å². The number of rotatable bonds is 6. The van der Waals surface area contributed by atoms with E-state index in [1.807, 2.05) is 0 Å². The number of amides is 1. The molecule has 1 aliphatic heterocycles. The van der Waals surface area contributed by atoms with Gasteiger partial charge in [0, 0.05) is 25.6 Å². The van der Waals surface area contributed by atoms with E-state index in [0.717, 1.165) is 26.1 Å². The number of nitrogens with one attached hydrogen (secondary N) is 1. The van der Waals surface area contributed by atoms with Crippen LogP contribution in [0.1, 0.15) is 52.4 Å². The lowest BCUT2D eigenvalue weighted by Gasteiger charge is -2.31. The molecule has 0 spiro atoms. The summed E-state index contributed by atoms with van der Waals surface area (Å²) in [4.78, 5) is 14.5. The largest absolute Gasteiger partial charge is 0.341 e. The van der Waals surface area contributed by atoms with E-state index in [4.69, 9.17) is 0 Å². The lowest BCUT2D eigenvalue weighted by molar-refractivity contribution is -0.133. The fourth-order valence-corrected chi connectivity index (χ4v) is 2.97. The van der Waals surface area contributed by atoms with Gasteiger partial charge in [-0.25, -0.2) is 0 Å². The Morgan fingerprint density at radius 3 is 2.56 bits per heavy atom. The Bertz CT molecular complexity index is 268. The van der Waals surface area contributed by atoms with Crippen molar-refractivity contribution in [1.82, 2.24) is 10.2 Å². The van der Waals surface area contributed by atoms with Gasteiger partial charge in [0.2, 0.25) is 5.91 Å². The van der Waals surface area contributed by atoms with Gasteiger partial charge in [-0.15, -0.1) is 0 Å². The van der Waals surface area contributed by atoms with Crippen molar-refractivity contribution in [3.8, 4) is 0 Å². The van der Waals surface area contributed by atoms with Crippen LogP contribution in [0.3, 0.4) is 0 Å². The van der Waals surface area contributed by atoms with Crippen LogP contribution < -0.4 is 5.32 Å². The van der Waals surface area contributed by atoms with Crippen LogP contribution in [-0.4, -0.2) is 36.5 Å². The fourth-order valence-electron chi connectivity index (χ4n) is 2.97. The summed E-state index contributed by atoms with van der Waals surface area (Å²) in [6, 6.07) is 0.536. The van der Waals surface area contributed by atoms with Crippen LogP contribution >= 0.6 is 0 Å². The maximum Gasteiger partial charge on any atom is 0.222 e. The third-order valence-corrected chi connectivity index (χ3v) is 4.23. The molecule has 1 aliphatic carbocycles. The Labute approximate surface area is 111 Å². The summed E-state index contributed by atoms with van der Waals surface area (Å²) in [7, 11) is 0. The average molecular weight is 252 g/mol.